The molecule has 0 spiro atoms. The van der Waals surface area contributed by atoms with E-state index in [2.05, 4.69) is 56.6 Å². The van der Waals surface area contributed by atoms with Crippen LogP contribution in [0.25, 0.3) is 17.1 Å². The van der Waals surface area contributed by atoms with Gasteiger partial charge in [0.2, 0.25) is 16.8 Å². The molecule has 5 aromatic carbocycles. The maximum atomic E-state index is 14.8. The number of carboxylic acid groups (broad SMARTS) is 1. The zero-order valence-corrected chi connectivity index (χ0v) is 74.2. The molecule has 6 aliphatic rings. The Bertz CT molecular complexity index is 6090. The lowest BCUT2D eigenvalue weighted by Crippen LogP contribution is -2.43. The number of isocyanates is 1. The molecular formula is C89H93BrF5N13O22S. The monoisotopic (exact) mass is 1900 g/mol. The number of pyridine rings is 1. The van der Waals surface area contributed by atoms with E-state index in [0.29, 0.717) is 98.7 Å². The van der Waals surface area contributed by atoms with E-state index < -0.39 is 109 Å². The number of carboxylic acids is 1. The fourth-order valence-electron chi connectivity index (χ4n) is 13.5. The lowest BCUT2D eigenvalue weighted by Gasteiger charge is -2.15. The fraction of sp³-hybridized carbons (Fsp3) is 0.337. The van der Waals surface area contributed by atoms with Gasteiger partial charge in [-0.25, -0.2) is 79.0 Å². The standard InChI is InChI=1S/C26H21F2N5O4.C16H15FN2O4.C14H11FN2O4.C11H17NO4.C7H11BrO4.C7H4FNO.C4H7NO.C4H7NS/c1-14-20(10-11-30-23(14)29)37-21-9-6-16(13-18(21)28)31-24(34)22-19-3-2-12-32(19)26(36)33(25(22)35)17-7-4-15(27)5-8-17;1-2-23-15(21)13-12-4-3-9-18(12)16(22)19(14(13)20)11-7-5-10(17)6-8-11;15-8-3-5-9(6-4-8)17-12(18)11(13(19)20)10-2-1-7-16(10)14(17)21;1-3-15-10(13)9(11(14)16-4-2)8-6-5-7-12-8;1-3-11-6(9)5(8)7(10)12-4-2;8-6-1-3-7(4-2-6)9-5-10;2*6-4-2-1-3-5-4/h4-11,13H,2-3,12H2,1H3,(H2,29,30)(H,31,34);5-8H,2-4,9H2,1H3;3-6H,1-2,7H2,(H,19,20);12H,3-7H2,1-2H3;5H,3-4H2,1-2H3;1-4H;2*1-3H2,(H,5,6). The number of aliphatic imine (C=N–C) groups is 1. The van der Waals surface area contributed by atoms with Gasteiger partial charge in [-0.05, 0) is 227 Å². The highest BCUT2D eigenvalue weighted by Crippen LogP contribution is 2.31. The van der Waals surface area contributed by atoms with Crippen LogP contribution < -0.4 is 65.5 Å². The predicted octanol–water partition coefficient (Wildman–Crippen LogP) is 9.61. The van der Waals surface area contributed by atoms with Crippen molar-refractivity contribution in [2.75, 3.05) is 63.7 Å². The molecule has 6 aliphatic heterocycles. The second-order valence-corrected chi connectivity index (χ2v) is 29.7. The molecule has 0 unspecified atom stereocenters. The molecule has 0 aliphatic carbocycles. The minimum atomic E-state index is -1.36. The van der Waals surface area contributed by atoms with E-state index in [9.17, 15) is 99.0 Å². The number of thiocarbonyl (C=S) groups is 1. The first-order valence-corrected chi connectivity index (χ1v) is 42.6. The van der Waals surface area contributed by atoms with Crippen molar-refractivity contribution >= 4 is 104 Å². The number of anilines is 2. The number of nitrogen functional groups attached to an aromatic ring is 1. The molecule has 0 radical (unpaired) electrons. The van der Waals surface area contributed by atoms with Gasteiger partial charge in [0.1, 0.15) is 51.5 Å². The Morgan fingerprint density at radius 2 is 0.947 bits per heavy atom. The summed E-state index contributed by atoms with van der Waals surface area (Å²) in [6, 6.07) is 25.2. The minimum Gasteiger partial charge on any atom is -0.477 e. The molecule has 0 saturated carbocycles. The van der Waals surface area contributed by atoms with Crippen LogP contribution >= 0.6 is 28.1 Å². The van der Waals surface area contributed by atoms with E-state index in [4.69, 9.17) is 36.9 Å². The highest BCUT2D eigenvalue weighted by atomic mass is 79.9. The Morgan fingerprint density at radius 1 is 0.527 bits per heavy atom. The molecule has 0 atom stereocenters. The molecule has 3 fully saturated rings. The summed E-state index contributed by atoms with van der Waals surface area (Å²) in [6.45, 7) is 15.1. The summed E-state index contributed by atoms with van der Waals surface area (Å²) >= 11 is 7.67. The van der Waals surface area contributed by atoms with Crippen LogP contribution in [0.2, 0.25) is 0 Å². The minimum absolute atomic E-state index is 0.0150. The van der Waals surface area contributed by atoms with Crippen LogP contribution in [-0.4, -0.2) is 154 Å². The maximum Gasteiger partial charge on any atom is 0.347 e. The van der Waals surface area contributed by atoms with Crippen molar-refractivity contribution in [3.63, 3.8) is 0 Å². The number of alkyl halides is 1. The van der Waals surface area contributed by atoms with E-state index >= 15 is 0 Å². The smallest absolute Gasteiger partial charge is 0.347 e. The van der Waals surface area contributed by atoms with Crippen LogP contribution in [0, 0.1) is 36.0 Å². The highest BCUT2D eigenvalue weighted by molar-refractivity contribution is 9.10. The van der Waals surface area contributed by atoms with Gasteiger partial charge >= 0.3 is 52.9 Å². The van der Waals surface area contributed by atoms with E-state index in [-0.39, 0.29) is 101 Å². The summed E-state index contributed by atoms with van der Waals surface area (Å²) in [5.74, 6) is -7.27. The molecule has 15 rings (SSSR count). The summed E-state index contributed by atoms with van der Waals surface area (Å²) in [6.07, 6.45) is 11.6. The number of ether oxygens (including phenoxy) is 6. The Morgan fingerprint density at radius 3 is 1.33 bits per heavy atom. The largest absolute Gasteiger partial charge is 0.477 e. The topological polar surface area (TPSA) is 461 Å². The summed E-state index contributed by atoms with van der Waals surface area (Å²) in [5.41, 5.74) is 4.01. The van der Waals surface area contributed by atoms with Gasteiger partial charge in [0.25, 0.3) is 22.6 Å². The number of allylic oxidation sites excluding steroid dienone is 1. The van der Waals surface area contributed by atoms with Crippen molar-refractivity contribution in [2.24, 2.45) is 4.99 Å². The average Bonchev–Trinajstić information content (AvgIpc) is 1.70. The molecule has 3 saturated heterocycles. The number of esters is 5. The number of hydrogen-bond acceptors (Lipinski definition) is 26. The fourth-order valence-corrected chi connectivity index (χ4v) is 14.0. The van der Waals surface area contributed by atoms with Gasteiger partial charge in [-0.15, -0.1) is 0 Å². The molecule has 0 bridgehead atoms. The lowest BCUT2D eigenvalue weighted by molar-refractivity contribution is -0.153. The number of nitrogens with two attached hydrogens (primary N) is 1. The lowest BCUT2D eigenvalue weighted by atomic mass is 10.1. The third-order valence-corrected chi connectivity index (χ3v) is 20.6. The van der Waals surface area contributed by atoms with Crippen LogP contribution in [0.3, 0.4) is 0 Å². The Balaban J connectivity index is 0.000000197. The number of fused-ring (bicyclic) bond motifs is 3. The normalized spacial score (nSPS) is 13.1. The van der Waals surface area contributed by atoms with Crippen LogP contribution in [0.15, 0.2) is 173 Å². The van der Waals surface area contributed by atoms with E-state index in [1.807, 2.05) is 0 Å². The van der Waals surface area contributed by atoms with E-state index in [1.165, 1.54) is 105 Å². The van der Waals surface area contributed by atoms with Crippen molar-refractivity contribution in [2.45, 2.75) is 143 Å². The SMILES string of the molecule is CCOC(=O)C(Br)C(=O)OCC.CCOC(=O)C(C(=O)OCC)=C1CCCN1.CCOC(=O)c1c2n(c(=O)n(-c3ccc(F)cc3)c1=O)CCC2.Cc1c(Oc2ccc(NC(=O)c3c4n(c(=O)n(-c5ccc(F)cc5)c3=O)CCC4)cc2F)ccnc1N.O=C(O)c1c2n(c(=O)n(-c3ccc(F)cc3)c1=O)CCC2.O=C1CCCN1.O=C=Nc1ccc(F)cc1.S=C1CCCN1. The van der Waals surface area contributed by atoms with Crippen molar-refractivity contribution in [1.29, 1.82) is 0 Å². The number of rotatable bonds is 19. The molecule has 7 N–H and O–H groups in total. The van der Waals surface area contributed by atoms with Gasteiger partial charge in [0.05, 0.1) is 60.8 Å². The number of carbonyl (C=O) groups excluding carboxylic acids is 8. The number of benzene rings is 5. The van der Waals surface area contributed by atoms with Crippen LogP contribution in [0.1, 0.15) is 146 Å². The first-order chi connectivity index (χ1) is 62.7. The summed E-state index contributed by atoms with van der Waals surface area (Å²) in [4.78, 5) is 185. The summed E-state index contributed by atoms with van der Waals surface area (Å²) < 4.78 is 102. The van der Waals surface area contributed by atoms with Crippen molar-refractivity contribution in [3.8, 4) is 28.6 Å². The summed E-state index contributed by atoms with van der Waals surface area (Å²) in [7, 11) is 0. The number of nitrogens with zero attached hydrogens (tertiary/aromatic N) is 8. The van der Waals surface area contributed by atoms with Gasteiger partial charge < -0.3 is 60.5 Å². The van der Waals surface area contributed by atoms with Crippen LogP contribution in [0.4, 0.5) is 39.1 Å². The second kappa shape index (κ2) is 49.8. The Hall–Kier alpha value is -14.4. The molecule has 10 heterocycles. The van der Waals surface area contributed by atoms with Gasteiger partial charge in [-0.1, -0.05) is 28.1 Å². The number of aromatic nitrogens is 7. The molecular weight excluding hydrogens is 1810 g/mol. The quantitative estimate of drug-likeness (QED) is 0.00419. The molecule has 2 amide bonds. The second-order valence-electron chi connectivity index (χ2n) is 28.3. The predicted molar refractivity (Wildman–Crippen MR) is 474 cm³/mol. The van der Waals surface area contributed by atoms with Crippen molar-refractivity contribution in [3.05, 3.63) is 270 Å². The molecule has 9 aromatic rings. The van der Waals surface area contributed by atoms with Gasteiger partial charge in [-0.2, -0.15) is 4.99 Å². The van der Waals surface area contributed by atoms with E-state index in [0.717, 1.165) is 106 Å². The number of carbonyl (C=O) groups is 8. The van der Waals surface area contributed by atoms with Crippen LogP contribution in [0.5, 0.6) is 11.5 Å². The number of hydrogen-bond donors (Lipinski definition) is 6. The average molecular weight is 1900 g/mol. The first-order valence-electron chi connectivity index (χ1n) is 41.2. The number of nitrogens with one attached hydrogen (secondary N) is 4. The van der Waals surface area contributed by atoms with E-state index in [1.54, 1.807) is 47.6 Å². The molecule has 131 heavy (non-hydrogen) atoms. The van der Waals surface area contributed by atoms with Crippen molar-refractivity contribution in [1.82, 2.24) is 48.3 Å². The van der Waals surface area contributed by atoms with Gasteiger partial charge in [-0.3, -0.25) is 47.3 Å². The molecule has 42 heteroatoms. The zero-order chi connectivity index (χ0) is 95.7. The third kappa shape index (κ3) is 27.3. The third-order valence-electron chi connectivity index (χ3n) is 19.5. The van der Waals surface area contributed by atoms with Crippen LogP contribution in [-0.2, 0) is 91.3 Å². The maximum absolute atomic E-state index is 14.8. The highest BCUT2D eigenvalue weighted by Gasteiger charge is 2.33. The van der Waals surface area contributed by atoms with Gasteiger partial charge in [0, 0.05) is 92.0 Å². The number of aromatic carboxylic acids is 1. The number of halogens is 6. The molecule has 4 aromatic heterocycles. The molecule has 694 valence electrons. The number of amides is 2. The molecule has 35 nitrogen and oxygen atoms in total. The summed E-state index contributed by atoms with van der Waals surface area (Å²) in [5, 5.41) is 20.5. The Labute approximate surface area is 757 Å². The first kappa shape index (κ1) is 102. The van der Waals surface area contributed by atoms with Gasteiger partial charge in [0.15, 0.2) is 17.1 Å². The zero-order valence-electron chi connectivity index (χ0n) is 71.8. The Kier molecular flexibility index (Phi) is 38.8. The van der Waals surface area contributed by atoms with Crippen molar-refractivity contribution < 1.29 is 98.6 Å².